The van der Waals surface area contributed by atoms with Crippen molar-refractivity contribution in [3.05, 3.63) is 35.9 Å². The summed E-state index contributed by atoms with van der Waals surface area (Å²) >= 11 is 0. The molecule has 1 aromatic carbocycles. The largest absolute Gasteiger partial charge is 0.356 e. The molecular formula is C18H32IN5. The van der Waals surface area contributed by atoms with Gasteiger partial charge in [0.2, 0.25) is 0 Å². The Morgan fingerprint density at radius 1 is 1.04 bits per heavy atom. The number of guanidine groups is 1. The molecule has 6 heteroatoms. The molecule has 1 heterocycles. The van der Waals surface area contributed by atoms with Crippen LogP contribution in [-0.2, 0) is 6.42 Å². The second-order valence-electron chi connectivity index (χ2n) is 6.16. The highest BCUT2D eigenvalue weighted by atomic mass is 127. The highest BCUT2D eigenvalue weighted by Gasteiger charge is 2.11. The Morgan fingerprint density at radius 3 is 2.54 bits per heavy atom. The maximum atomic E-state index is 4.30. The van der Waals surface area contributed by atoms with Gasteiger partial charge in [0.05, 0.1) is 0 Å². The summed E-state index contributed by atoms with van der Waals surface area (Å²) < 4.78 is 0. The molecule has 1 saturated heterocycles. The van der Waals surface area contributed by atoms with Gasteiger partial charge in [0.15, 0.2) is 5.96 Å². The molecule has 2 N–H and O–H groups in total. The summed E-state index contributed by atoms with van der Waals surface area (Å²) in [5.74, 6) is 0.896. The molecule has 0 saturated carbocycles. The Bertz CT molecular complexity index is 466. The smallest absolute Gasteiger partial charge is 0.191 e. The minimum atomic E-state index is 0. The Balaban J connectivity index is 0.00000288. The van der Waals surface area contributed by atoms with E-state index >= 15 is 0 Å². The Hall–Kier alpha value is -0.860. The first kappa shape index (κ1) is 21.2. The lowest BCUT2D eigenvalue weighted by Gasteiger charge is -2.21. The van der Waals surface area contributed by atoms with Crippen molar-refractivity contribution in [2.75, 3.05) is 59.9 Å². The van der Waals surface area contributed by atoms with Crippen LogP contribution in [-0.4, -0.2) is 75.7 Å². The predicted octanol–water partition coefficient (Wildman–Crippen LogP) is 1.65. The number of halogens is 1. The van der Waals surface area contributed by atoms with E-state index in [0.717, 1.165) is 38.6 Å². The summed E-state index contributed by atoms with van der Waals surface area (Å²) in [4.78, 5) is 9.25. The molecule has 5 nitrogen and oxygen atoms in total. The molecule has 0 aromatic heterocycles. The Morgan fingerprint density at radius 2 is 1.79 bits per heavy atom. The number of aliphatic imine (C=N–C) groups is 1. The van der Waals surface area contributed by atoms with Crippen LogP contribution < -0.4 is 10.6 Å². The molecule has 0 unspecified atom stereocenters. The van der Waals surface area contributed by atoms with E-state index in [4.69, 9.17) is 0 Å². The van der Waals surface area contributed by atoms with Crippen molar-refractivity contribution in [1.29, 1.82) is 0 Å². The molecule has 2 rings (SSSR count). The van der Waals surface area contributed by atoms with E-state index in [9.17, 15) is 0 Å². The number of likely N-dealkylation sites (N-methyl/N-ethyl adjacent to an activating group) is 1. The topological polar surface area (TPSA) is 42.9 Å². The van der Waals surface area contributed by atoms with Crippen molar-refractivity contribution in [3.63, 3.8) is 0 Å². The third-order valence-electron chi connectivity index (χ3n) is 4.31. The zero-order valence-corrected chi connectivity index (χ0v) is 17.3. The minimum absolute atomic E-state index is 0. The lowest BCUT2D eigenvalue weighted by molar-refractivity contribution is 0.280. The molecule has 136 valence electrons. The zero-order chi connectivity index (χ0) is 16.3. The molecular weight excluding hydrogens is 413 g/mol. The van der Waals surface area contributed by atoms with E-state index in [0.29, 0.717) is 0 Å². The summed E-state index contributed by atoms with van der Waals surface area (Å²) in [5, 5.41) is 6.81. The van der Waals surface area contributed by atoms with E-state index in [1.54, 1.807) is 0 Å². The second kappa shape index (κ2) is 12.5. The standard InChI is InChI=1S/C18H31N5.HI/c1-19-18(20-10-9-17-7-4-3-5-8-17)21-11-14-23-13-6-12-22(2)15-16-23;/h3-5,7-8H,6,9-16H2,1-2H3,(H2,19,20,21);1H. The van der Waals surface area contributed by atoms with Gasteiger partial charge in [-0.25, -0.2) is 0 Å². The van der Waals surface area contributed by atoms with Crippen LogP contribution >= 0.6 is 24.0 Å². The van der Waals surface area contributed by atoms with Crippen molar-refractivity contribution < 1.29 is 0 Å². The van der Waals surface area contributed by atoms with Gasteiger partial charge in [-0.15, -0.1) is 24.0 Å². The van der Waals surface area contributed by atoms with E-state index in [-0.39, 0.29) is 24.0 Å². The van der Waals surface area contributed by atoms with Gasteiger partial charge in [0.1, 0.15) is 0 Å². The monoisotopic (exact) mass is 445 g/mol. The fourth-order valence-electron chi connectivity index (χ4n) is 2.85. The molecule has 0 bridgehead atoms. The molecule has 0 spiro atoms. The van der Waals surface area contributed by atoms with Crippen molar-refractivity contribution in [2.24, 2.45) is 4.99 Å². The van der Waals surface area contributed by atoms with E-state index < -0.39 is 0 Å². The highest BCUT2D eigenvalue weighted by molar-refractivity contribution is 14.0. The number of nitrogens with one attached hydrogen (secondary N) is 2. The first-order valence-electron chi connectivity index (χ1n) is 8.67. The van der Waals surface area contributed by atoms with E-state index in [2.05, 4.69) is 62.8 Å². The third-order valence-corrected chi connectivity index (χ3v) is 4.31. The molecule has 24 heavy (non-hydrogen) atoms. The van der Waals surface area contributed by atoms with Crippen LogP contribution in [0.25, 0.3) is 0 Å². The summed E-state index contributed by atoms with van der Waals surface area (Å²) in [6.45, 7) is 7.67. The molecule has 1 aliphatic heterocycles. The lowest BCUT2D eigenvalue weighted by atomic mass is 10.1. The van der Waals surface area contributed by atoms with Crippen LogP contribution in [0.2, 0.25) is 0 Å². The number of hydrogen-bond donors (Lipinski definition) is 2. The average molecular weight is 445 g/mol. The lowest BCUT2D eigenvalue weighted by Crippen LogP contribution is -2.42. The normalized spacial score (nSPS) is 17.0. The number of nitrogens with zero attached hydrogens (tertiary/aromatic N) is 3. The summed E-state index contributed by atoms with van der Waals surface area (Å²) in [7, 11) is 4.04. The summed E-state index contributed by atoms with van der Waals surface area (Å²) in [5.41, 5.74) is 1.35. The van der Waals surface area contributed by atoms with Gasteiger partial charge in [-0.05, 0) is 38.5 Å². The van der Waals surface area contributed by atoms with Gasteiger partial charge in [-0.1, -0.05) is 30.3 Å². The van der Waals surface area contributed by atoms with Gasteiger partial charge in [0.25, 0.3) is 0 Å². The molecule has 1 aromatic rings. The van der Waals surface area contributed by atoms with Gasteiger partial charge in [-0.2, -0.15) is 0 Å². The fourth-order valence-corrected chi connectivity index (χ4v) is 2.85. The Kier molecular flexibility index (Phi) is 11.0. The van der Waals surface area contributed by atoms with Crippen molar-refractivity contribution >= 4 is 29.9 Å². The van der Waals surface area contributed by atoms with Crippen LogP contribution in [0.5, 0.6) is 0 Å². The highest BCUT2D eigenvalue weighted by Crippen LogP contribution is 2.00. The van der Waals surface area contributed by atoms with Gasteiger partial charge < -0.3 is 20.4 Å². The summed E-state index contributed by atoms with van der Waals surface area (Å²) in [6.07, 6.45) is 2.28. The molecule has 0 radical (unpaired) electrons. The quantitative estimate of drug-likeness (QED) is 0.397. The first-order chi connectivity index (χ1) is 11.3. The van der Waals surface area contributed by atoms with Crippen LogP contribution in [0.1, 0.15) is 12.0 Å². The molecule has 0 atom stereocenters. The number of rotatable bonds is 6. The van der Waals surface area contributed by atoms with Crippen LogP contribution in [0, 0.1) is 0 Å². The van der Waals surface area contributed by atoms with E-state index in [1.807, 2.05) is 7.05 Å². The fraction of sp³-hybridized carbons (Fsp3) is 0.611. The second-order valence-corrected chi connectivity index (χ2v) is 6.16. The molecule has 0 aliphatic carbocycles. The SMILES string of the molecule is CN=C(NCCc1ccccc1)NCCN1CCCN(C)CC1.I. The van der Waals surface area contributed by atoms with Crippen LogP contribution in [0.3, 0.4) is 0 Å². The number of hydrogen-bond acceptors (Lipinski definition) is 3. The maximum Gasteiger partial charge on any atom is 0.191 e. The van der Waals surface area contributed by atoms with Crippen molar-refractivity contribution in [2.45, 2.75) is 12.8 Å². The number of benzene rings is 1. The van der Waals surface area contributed by atoms with Crippen LogP contribution in [0.15, 0.2) is 35.3 Å². The Labute approximate surface area is 163 Å². The molecule has 1 fully saturated rings. The van der Waals surface area contributed by atoms with Crippen LogP contribution in [0.4, 0.5) is 0 Å². The minimum Gasteiger partial charge on any atom is -0.356 e. The predicted molar refractivity (Wildman–Crippen MR) is 113 cm³/mol. The van der Waals surface area contributed by atoms with E-state index in [1.165, 1.54) is 31.6 Å². The zero-order valence-electron chi connectivity index (χ0n) is 15.0. The molecule has 1 aliphatic rings. The first-order valence-corrected chi connectivity index (χ1v) is 8.67. The maximum absolute atomic E-state index is 4.30. The van der Waals surface area contributed by atoms with Crippen molar-refractivity contribution in [3.8, 4) is 0 Å². The average Bonchev–Trinajstić information content (AvgIpc) is 2.79. The van der Waals surface area contributed by atoms with Gasteiger partial charge >= 0.3 is 0 Å². The van der Waals surface area contributed by atoms with Crippen molar-refractivity contribution in [1.82, 2.24) is 20.4 Å². The summed E-state index contributed by atoms with van der Waals surface area (Å²) in [6, 6.07) is 10.5. The van der Waals surface area contributed by atoms with Gasteiger partial charge in [0, 0.05) is 39.8 Å². The molecule has 0 amide bonds. The van der Waals surface area contributed by atoms with Gasteiger partial charge in [-0.3, -0.25) is 4.99 Å². The third kappa shape index (κ3) is 8.30.